The Labute approximate surface area is 160 Å². The SMILES string of the molecule is Cc1ccc(C(C)C)c(OCC(=O)NCCCn2cnc3ccccc32)c1. The number of nitrogens with zero attached hydrogens (tertiary/aromatic N) is 2. The Balaban J connectivity index is 1.45. The van der Waals surface area contributed by atoms with Gasteiger partial charge in [-0.15, -0.1) is 0 Å². The Morgan fingerprint density at radius 1 is 1.22 bits per heavy atom. The second-order valence-electron chi connectivity index (χ2n) is 7.11. The van der Waals surface area contributed by atoms with Gasteiger partial charge in [0.25, 0.3) is 5.91 Å². The lowest BCUT2D eigenvalue weighted by atomic mass is 10.0. The van der Waals surface area contributed by atoms with E-state index in [2.05, 4.69) is 46.9 Å². The van der Waals surface area contributed by atoms with Crippen molar-refractivity contribution in [1.82, 2.24) is 14.9 Å². The number of fused-ring (bicyclic) bond motifs is 1. The van der Waals surface area contributed by atoms with E-state index in [-0.39, 0.29) is 12.5 Å². The molecule has 1 heterocycles. The zero-order valence-electron chi connectivity index (χ0n) is 16.2. The lowest BCUT2D eigenvalue weighted by molar-refractivity contribution is -0.123. The maximum absolute atomic E-state index is 12.1. The van der Waals surface area contributed by atoms with Gasteiger partial charge in [-0.25, -0.2) is 4.98 Å². The summed E-state index contributed by atoms with van der Waals surface area (Å²) in [7, 11) is 0. The smallest absolute Gasteiger partial charge is 0.257 e. The maximum atomic E-state index is 12.1. The minimum absolute atomic E-state index is 0.0389. The van der Waals surface area contributed by atoms with Crippen molar-refractivity contribution in [3.05, 3.63) is 59.9 Å². The Hall–Kier alpha value is -2.82. The van der Waals surface area contributed by atoms with Crippen molar-refractivity contribution in [2.45, 2.75) is 39.7 Å². The van der Waals surface area contributed by atoms with Crippen molar-refractivity contribution < 1.29 is 9.53 Å². The topological polar surface area (TPSA) is 56.1 Å². The molecule has 142 valence electrons. The molecule has 1 aromatic heterocycles. The van der Waals surface area contributed by atoms with Crippen molar-refractivity contribution in [2.75, 3.05) is 13.2 Å². The number of benzene rings is 2. The largest absolute Gasteiger partial charge is 0.483 e. The summed E-state index contributed by atoms with van der Waals surface area (Å²) in [5.74, 6) is 1.06. The van der Waals surface area contributed by atoms with Crippen LogP contribution in [0.5, 0.6) is 5.75 Å². The van der Waals surface area contributed by atoms with Crippen LogP contribution in [-0.2, 0) is 11.3 Å². The molecule has 0 atom stereocenters. The van der Waals surface area contributed by atoms with Crippen LogP contribution in [0.15, 0.2) is 48.8 Å². The standard InChI is InChI=1S/C22H27N3O2/c1-16(2)18-10-9-17(3)13-21(18)27-14-22(26)23-11-6-12-25-15-24-19-7-4-5-8-20(19)25/h4-5,7-10,13,15-16H,6,11-12,14H2,1-3H3,(H,23,26). The average molecular weight is 365 g/mol. The lowest BCUT2D eigenvalue weighted by Gasteiger charge is -2.15. The summed E-state index contributed by atoms with van der Waals surface area (Å²) < 4.78 is 7.89. The highest BCUT2D eigenvalue weighted by atomic mass is 16.5. The fraction of sp³-hybridized carbons (Fsp3) is 0.364. The van der Waals surface area contributed by atoms with E-state index < -0.39 is 0 Å². The molecule has 1 N–H and O–H groups in total. The summed E-state index contributed by atoms with van der Waals surface area (Å²) >= 11 is 0. The number of para-hydroxylation sites is 2. The second kappa shape index (κ2) is 8.71. The number of imidazole rings is 1. The summed E-state index contributed by atoms with van der Waals surface area (Å²) in [6, 6.07) is 14.2. The molecule has 0 aliphatic rings. The molecule has 0 aliphatic carbocycles. The van der Waals surface area contributed by atoms with Crippen LogP contribution in [0.2, 0.25) is 0 Å². The van der Waals surface area contributed by atoms with Gasteiger partial charge in [-0.2, -0.15) is 0 Å². The van der Waals surface area contributed by atoms with Gasteiger partial charge in [0, 0.05) is 13.1 Å². The van der Waals surface area contributed by atoms with Crippen LogP contribution in [0.3, 0.4) is 0 Å². The first-order valence-corrected chi connectivity index (χ1v) is 9.44. The highest BCUT2D eigenvalue weighted by Crippen LogP contribution is 2.27. The third-order valence-corrected chi connectivity index (χ3v) is 4.58. The molecule has 3 aromatic rings. The predicted octanol–water partition coefficient (Wildman–Crippen LogP) is 4.05. The van der Waals surface area contributed by atoms with Crippen molar-refractivity contribution in [3.8, 4) is 5.75 Å². The van der Waals surface area contributed by atoms with Crippen LogP contribution < -0.4 is 10.1 Å². The van der Waals surface area contributed by atoms with Gasteiger partial charge in [-0.3, -0.25) is 4.79 Å². The normalized spacial score (nSPS) is 11.1. The first-order valence-electron chi connectivity index (χ1n) is 9.44. The number of hydrogen-bond donors (Lipinski definition) is 1. The Morgan fingerprint density at radius 3 is 2.85 bits per heavy atom. The number of aromatic nitrogens is 2. The molecule has 0 fully saturated rings. The molecule has 0 unspecified atom stereocenters. The molecule has 5 heteroatoms. The highest BCUT2D eigenvalue weighted by Gasteiger charge is 2.10. The van der Waals surface area contributed by atoms with E-state index in [1.165, 1.54) is 0 Å². The zero-order valence-corrected chi connectivity index (χ0v) is 16.2. The minimum atomic E-state index is -0.0956. The van der Waals surface area contributed by atoms with Crippen LogP contribution >= 0.6 is 0 Å². The predicted molar refractivity (Wildman–Crippen MR) is 108 cm³/mol. The third-order valence-electron chi connectivity index (χ3n) is 4.58. The van der Waals surface area contributed by atoms with Gasteiger partial charge in [0.05, 0.1) is 17.4 Å². The van der Waals surface area contributed by atoms with Crippen LogP contribution in [0.1, 0.15) is 37.3 Å². The fourth-order valence-electron chi connectivity index (χ4n) is 3.10. The number of carbonyl (C=O) groups excluding carboxylic acids is 1. The van der Waals surface area contributed by atoms with Gasteiger partial charge in [-0.1, -0.05) is 38.1 Å². The van der Waals surface area contributed by atoms with Crippen molar-refractivity contribution in [1.29, 1.82) is 0 Å². The van der Waals surface area contributed by atoms with Crippen LogP contribution in [0.25, 0.3) is 11.0 Å². The Bertz CT molecular complexity index is 915. The highest BCUT2D eigenvalue weighted by molar-refractivity contribution is 5.77. The van der Waals surface area contributed by atoms with E-state index >= 15 is 0 Å². The van der Waals surface area contributed by atoms with E-state index in [1.54, 1.807) is 0 Å². The number of aryl methyl sites for hydroxylation is 2. The summed E-state index contributed by atoms with van der Waals surface area (Å²) in [6.07, 6.45) is 2.69. The summed E-state index contributed by atoms with van der Waals surface area (Å²) in [4.78, 5) is 16.5. The molecule has 0 saturated carbocycles. The molecular weight excluding hydrogens is 338 g/mol. The molecule has 0 saturated heterocycles. The lowest BCUT2D eigenvalue weighted by Crippen LogP contribution is -2.30. The zero-order chi connectivity index (χ0) is 19.2. The van der Waals surface area contributed by atoms with Crippen LogP contribution in [-0.4, -0.2) is 28.6 Å². The van der Waals surface area contributed by atoms with E-state index in [9.17, 15) is 4.79 Å². The average Bonchev–Trinajstić information content (AvgIpc) is 3.06. The van der Waals surface area contributed by atoms with Gasteiger partial charge in [0.15, 0.2) is 6.61 Å². The van der Waals surface area contributed by atoms with Gasteiger partial charge >= 0.3 is 0 Å². The monoisotopic (exact) mass is 365 g/mol. The second-order valence-corrected chi connectivity index (χ2v) is 7.11. The van der Waals surface area contributed by atoms with E-state index in [0.29, 0.717) is 12.5 Å². The molecule has 0 spiro atoms. The molecule has 0 bridgehead atoms. The summed E-state index contributed by atoms with van der Waals surface area (Å²) in [5, 5.41) is 2.93. The summed E-state index contributed by atoms with van der Waals surface area (Å²) in [5.41, 5.74) is 4.37. The van der Waals surface area contributed by atoms with Crippen LogP contribution in [0.4, 0.5) is 0 Å². The molecular formula is C22H27N3O2. The number of rotatable bonds is 8. The van der Waals surface area contributed by atoms with E-state index in [1.807, 2.05) is 37.5 Å². The van der Waals surface area contributed by atoms with Crippen molar-refractivity contribution in [2.24, 2.45) is 0 Å². The number of nitrogens with one attached hydrogen (secondary N) is 1. The van der Waals surface area contributed by atoms with Gasteiger partial charge in [0.2, 0.25) is 0 Å². The molecule has 2 aromatic carbocycles. The molecule has 3 rings (SSSR count). The first kappa shape index (κ1) is 19.0. The van der Waals surface area contributed by atoms with Crippen molar-refractivity contribution in [3.63, 3.8) is 0 Å². The van der Waals surface area contributed by atoms with Gasteiger partial charge in [0.1, 0.15) is 5.75 Å². The third kappa shape index (κ3) is 4.88. The number of carbonyl (C=O) groups is 1. The Morgan fingerprint density at radius 2 is 2.04 bits per heavy atom. The van der Waals surface area contributed by atoms with Crippen LogP contribution in [0, 0.1) is 6.92 Å². The van der Waals surface area contributed by atoms with Crippen molar-refractivity contribution >= 4 is 16.9 Å². The number of hydrogen-bond acceptors (Lipinski definition) is 3. The quantitative estimate of drug-likeness (QED) is 0.613. The first-order chi connectivity index (χ1) is 13.0. The number of amides is 1. The van der Waals surface area contributed by atoms with E-state index in [0.717, 1.165) is 40.9 Å². The molecule has 0 radical (unpaired) electrons. The van der Waals surface area contributed by atoms with Gasteiger partial charge < -0.3 is 14.6 Å². The van der Waals surface area contributed by atoms with Gasteiger partial charge in [-0.05, 0) is 48.6 Å². The number of ether oxygens (including phenoxy) is 1. The Kier molecular flexibility index (Phi) is 6.12. The molecule has 0 aliphatic heterocycles. The summed E-state index contributed by atoms with van der Waals surface area (Å²) in [6.45, 7) is 7.74. The molecule has 1 amide bonds. The maximum Gasteiger partial charge on any atom is 0.257 e. The van der Waals surface area contributed by atoms with E-state index in [4.69, 9.17) is 4.74 Å². The molecule has 5 nitrogen and oxygen atoms in total. The molecule has 27 heavy (non-hydrogen) atoms. The fourth-order valence-corrected chi connectivity index (χ4v) is 3.10. The minimum Gasteiger partial charge on any atom is -0.483 e.